The van der Waals surface area contributed by atoms with E-state index in [9.17, 15) is 4.79 Å². The van der Waals surface area contributed by atoms with E-state index in [4.69, 9.17) is 10.00 Å². The number of carbonyl (C=O) groups excluding carboxylic acids is 1. The quantitative estimate of drug-likeness (QED) is 0.901. The lowest BCUT2D eigenvalue weighted by molar-refractivity contribution is 0.141. The predicted octanol–water partition coefficient (Wildman–Crippen LogP) is 4.11. The molecule has 0 radical (unpaired) electrons. The highest BCUT2D eigenvalue weighted by molar-refractivity contribution is 5.68. The minimum Gasteiger partial charge on any atom is -0.445 e. The van der Waals surface area contributed by atoms with Crippen LogP contribution in [0, 0.1) is 25.2 Å². The van der Waals surface area contributed by atoms with E-state index in [2.05, 4.69) is 11.4 Å². The second-order valence-corrected chi connectivity index (χ2v) is 5.48. The fourth-order valence-electron chi connectivity index (χ4n) is 2.40. The van der Waals surface area contributed by atoms with Crippen LogP contribution < -0.4 is 5.32 Å². The highest BCUT2D eigenvalue weighted by atomic mass is 16.5. The first-order valence-electron chi connectivity index (χ1n) is 7.72. The molecular formula is C20H20N2O2. The van der Waals surface area contributed by atoms with Crippen molar-refractivity contribution < 1.29 is 9.53 Å². The Morgan fingerprint density at radius 2 is 1.88 bits per heavy atom. The van der Waals surface area contributed by atoms with Gasteiger partial charge < -0.3 is 10.1 Å². The number of ether oxygens (including phenoxy) is 1. The lowest BCUT2D eigenvalue weighted by Gasteiger charge is -2.07. The maximum atomic E-state index is 11.6. The largest absolute Gasteiger partial charge is 0.445 e. The highest BCUT2D eigenvalue weighted by Crippen LogP contribution is 2.17. The summed E-state index contributed by atoms with van der Waals surface area (Å²) in [7, 11) is 0. The molecule has 0 heterocycles. The summed E-state index contributed by atoms with van der Waals surface area (Å²) in [6.45, 7) is 4.57. The zero-order chi connectivity index (χ0) is 17.4. The first-order chi connectivity index (χ1) is 11.6. The van der Waals surface area contributed by atoms with Gasteiger partial charge in [0.05, 0.1) is 11.6 Å². The molecule has 0 spiro atoms. The van der Waals surface area contributed by atoms with E-state index in [1.807, 2.05) is 68.5 Å². The van der Waals surface area contributed by atoms with Crippen molar-refractivity contribution in [3.63, 3.8) is 0 Å². The van der Waals surface area contributed by atoms with Crippen molar-refractivity contribution in [2.45, 2.75) is 20.5 Å². The van der Waals surface area contributed by atoms with Crippen LogP contribution in [0.1, 0.15) is 27.8 Å². The van der Waals surface area contributed by atoms with Crippen LogP contribution in [0.5, 0.6) is 0 Å². The summed E-state index contributed by atoms with van der Waals surface area (Å²) in [6.07, 6.45) is 3.37. The second kappa shape index (κ2) is 8.54. The number of carbonyl (C=O) groups is 1. The van der Waals surface area contributed by atoms with E-state index in [-0.39, 0.29) is 6.61 Å². The average Bonchev–Trinajstić information content (AvgIpc) is 2.59. The van der Waals surface area contributed by atoms with Crippen LogP contribution in [-0.4, -0.2) is 12.6 Å². The number of aryl methyl sites for hydroxylation is 2. The third-order valence-electron chi connectivity index (χ3n) is 3.58. The van der Waals surface area contributed by atoms with Crippen LogP contribution in [0.25, 0.3) is 6.08 Å². The van der Waals surface area contributed by atoms with Gasteiger partial charge in [-0.05, 0) is 48.2 Å². The molecule has 0 saturated heterocycles. The molecule has 122 valence electrons. The molecule has 1 amide bonds. The molecule has 4 heteroatoms. The lowest BCUT2D eigenvalue weighted by atomic mass is 9.99. The minimum absolute atomic E-state index is 0.254. The molecule has 0 fully saturated rings. The van der Waals surface area contributed by atoms with Crippen LogP contribution >= 0.6 is 0 Å². The lowest BCUT2D eigenvalue weighted by Crippen LogP contribution is -2.24. The number of nitrogens with one attached hydrogen (secondary N) is 1. The van der Waals surface area contributed by atoms with Gasteiger partial charge >= 0.3 is 6.09 Å². The average molecular weight is 320 g/mol. The number of benzene rings is 2. The molecule has 4 nitrogen and oxygen atoms in total. The zero-order valence-corrected chi connectivity index (χ0v) is 13.9. The highest BCUT2D eigenvalue weighted by Gasteiger charge is 2.03. The summed E-state index contributed by atoms with van der Waals surface area (Å²) in [5.74, 6) is 0. The SMILES string of the molecule is Cc1cc(C#N)cc(C)c1C=CCNC(=O)OCc1ccccc1. The maximum absolute atomic E-state index is 11.6. The van der Waals surface area contributed by atoms with E-state index < -0.39 is 6.09 Å². The van der Waals surface area contributed by atoms with E-state index in [0.29, 0.717) is 12.1 Å². The second-order valence-electron chi connectivity index (χ2n) is 5.48. The van der Waals surface area contributed by atoms with Crippen LogP contribution in [0.15, 0.2) is 48.5 Å². The van der Waals surface area contributed by atoms with Crippen molar-refractivity contribution in [1.29, 1.82) is 5.26 Å². The molecule has 0 aliphatic rings. The number of nitrogens with zero attached hydrogens (tertiary/aromatic N) is 1. The Kier molecular flexibility index (Phi) is 6.16. The normalized spacial score (nSPS) is 10.4. The number of hydrogen-bond acceptors (Lipinski definition) is 3. The monoisotopic (exact) mass is 320 g/mol. The van der Waals surface area contributed by atoms with Crippen LogP contribution in [0.2, 0.25) is 0 Å². The molecule has 0 atom stereocenters. The van der Waals surface area contributed by atoms with E-state index in [1.165, 1.54) is 0 Å². The topological polar surface area (TPSA) is 62.1 Å². The Balaban J connectivity index is 1.82. The van der Waals surface area contributed by atoms with Crippen molar-refractivity contribution in [3.8, 4) is 6.07 Å². The fourth-order valence-corrected chi connectivity index (χ4v) is 2.40. The zero-order valence-electron chi connectivity index (χ0n) is 13.9. The Labute approximate surface area is 142 Å². The summed E-state index contributed by atoms with van der Waals surface area (Å²) in [4.78, 5) is 11.6. The molecule has 2 aromatic rings. The molecule has 0 saturated carbocycles. The molecule has 0 aromatic heterocycles. The van der Waals surface area contributed by atoms with Crippen molar-refractivity contribution in [2.24, 2.45) is 0 Å². The number of amides is 1. The summed E-state index contributed by atoms with van der Waals surface area (Å²) >= 11 is 0. The number of alkyl carbamates (subject to hydrolysis) is 1. The van der Waals surface area contributed by atoms with Gasteiger partial charge in [0.2, 0.25) is 0 Å². The van der Waals surface area contributed by atoms with Gasteiger partial charge in [-0.2, -0.15) is 5.26 Å². The van der Waals surface area contributed by atoms with Crippen LogP contribution in [0.4, 0.5) is 4.79 Å². The summed E-state index contributed by atoms with van der Waals surface area (Å²) in [5, 5.41) is 11.6. The smallest absolute Gasteiger partial charge is 0.407 e. The Morgan fingerprint density at radius 1 is 1.21 bits per heavy atom. The summed E-state index contributed by atoms with van der Waals surface area (Å²) < 4.78 is 5.14. The molecular weight excluding hydrogens is 300 g/mol. The summed E-state index contributed by atoms with van der Waals surface area (Å²) in [6, 6.07) is 15.4. The molecule has 0 aliphatic carbocycles. The van der Waals surface area contributed by atoms with Gasteiger partial charge in [-0.15, -0.1) is 0 Å². The molecule has 2 rings (SSSR count). The molecule has 0 bridgehead atoms. The molecule has 0 aliphatic heterocycles. The van der Waals surface area contributed by atoms with Gasteiger partial charge in [0, 0.05) is 6.54 Å². The minimum atomic E-state index is -0.447. The number of hydrogen-bond donors (Lipinski definition) is 1. The molecule has 24 heavy (non-hydrogen) atoms. The van der Waals surface area contributed by atoms with Crippen molar-refractivity contribution in [2.75, 3.05) is 6.54 Å². The van der Waals surface area contributed by atoms with E-state index in [1.54, 1.807) is 0 Å². The van der Waals surface area contributed by atoms with Gasteiger partial charge in [-0.25, -0.2) is 4.79 Å². The Morgan fingerprint density at radius 3 is 2.50 bits per heavy atom. The standard InChI is InChI=1S/C20H20N2O2/c1-15-11-18(13-21)12-16(2)19(15)9-6-10-22-20(23)24-14-17-7-4-3-5-8-17/h3-9,11-12H,10,14H2,1-2H3,(H,22,23). The maximum Gasteiger partial charge on any atom is 0.407 e. The number of nitriles is 1. The van der Waals surface area contributed by atoms with Crippen LogP contribution in [0.3, 0.4) is 0 Å². The fraction of sp³-hybridized carbons (Fsp3) is 0.200. The van der Waals surface area contributed by atoms with Gasteiger partial charge in [-0.3, -0.25) is 0 Å². The third kappa shape index (κ3) is 4.99. The van der Waals surface area contributed by atoms with Gasteiger partial charge in [0.15, 0.2) is 0 Å². The van der Waals surface area contributed by atoms with E-state index >= 15 is 0 Å². The molecule has 1 N–H and O–H groups in total. The first-order valence-corrected chi connectivity index (χ1v) is 7.72. The van der Waals surface area contributed by atoms with Crippen LogP contribution in [-0.2, 0) is 11.3 Å². The number of rotatable bonds is 5. The van der Waals surface area contributed by atoms with Gasteiger partial charge in [0.1, 0.15) is 6.61 Å². The van der Waals surface area contributed by atoms with Crippen molar-refractivity contribution >= 4 is 12.2 Å². The van der Waals surface area contributed by atoms with Gasteiger partial charge in [-0.1, -0.05) is 42.5 Å². The van der Waals surface area contributed by atoms with Crippen molar-refractivity contribution in [1.82, 2.24) is 5.32 Å². The third-order valence-corrected chi connectivity index (χ3v) is 3.58. The predicted molar refractivity (Wildman–Crippen MR) is 94.3 cm³/mol. The van der Waals surface area contributed by atoms with Crippen molar-refractivity contribution in [3.05, 3.63) is 76.4 Å². The van der Waals surface area contributed by atoms with E-state index in [0.717, 1.165) is 22.3 Å². The van der Waals surface area contributed by atoms with Gasteiger partial charge in [0.25, 0.3) is 0 Å². The molecule has 0 unspecified atom stereocenters. The summed E-state index contributed by atoms with van der Waals surface area (Å²) in [5.41, 5.74) is 4.74. The molecule has 2 aromatic carbocycles. The Bertz CT molecular complexity index is 751. The Hall–Kier alpha value is -3.06. The first kappa shape index (κ1) is 17.3.